The predicted molar refractivity (Wildman–Crippen MR) is 219 cm³/mol. The summed E-state index contributed by atoms with van der Waals surface area (Å²) in [5, 5.41) is 5.16. The zero-order valence-electron chi connectivity index (χ0n) is 27.8. The average molecular weight is 669 g/mol. The van der Waals surface area contributed by atoms with Gasteiger partial charge >= 0.3 is 0 Å². The molecule has 2 aromatic heterocycles. The molecular formula is C48H32N2S. The first-order chi connectivity index (χ1) is 25.3. The van der Waals surface area contributed by atoms with Gasteiger partial charge in [0.15, 0.2) is 0 Å². The molecule has 0 unspecified atom stereocenters. The molecule has 0 aliphatic heterocycles. The van der Waals surface area contributed by atoms with E-state index in [0.717, 1.165) is 22.7 Å². The molecule has 240 valence electrons. The third-order valence-electron chi connectivity index (χ3n) is 10.00. The molecule has 0 radical (unpaired) electrons. The first kappa shape index (κ1) is 29.5. The number of fused-ring (bicyclic) bond motifs is 6. The van der Waals surface area contributed by atoms with Gasteiger partial charge in [0.1, 0.15) is 0 Å². The second-order valence-electron chi connectivity index (χ2n) is 13.0. The molecule has 0 bridgehead atoms. The Labute approximate surface area is 300 Å². The number of hydrogen-bond donors (Lipinski definition) is 0. The average Bonchev–Trinajstić information content (AvgIpc) is 3.75. The van der Waals surface area contributed by atoms with E-state index in [1.807, 2.05) is 11.3 Å². The first-order valence-corrected chi connectivity index (χ1v) is 18.2. The van der Waals surface area contributed by atoms with E-state index in [1.165, 1.54) is 64.2 Å². The zero-order chi connectivity index (χ0) is 33.7. The monoisotopic (exact) mass is 668 g/mol. The maximum absolute atomic E-state index is 2.37. The van der Waals surface area contributed by atoms with Crippen molar-refractivity contribution in [3.05, 3.63) is 194 Å². The Hall–Kier alpha value is -6.42. The fourth-order valence-corrected chi connectivity index (χ4v) is 8.86. The Morgan fingerprint density at radius 2 is 0.922 bits per heavy atom. The van der Waals surface area contributed by atoms with E-state index in [2.05, 4.69) is 204 Å². The van der Waals surface area contributed by atoms with Crippen LogP contribution in [-0.4, -0.2) is 4.57 Å². The maximum atomic E-state index is 2.37. The first-order valence-electron chi connectivity index (χ1n) is 17.4. The van der Waals surface area contributed by atoms with Crippen LogP contribution >= 0.6 is 11.3 Å². The van der Waals surface area contributed by atoms with Crippen LogP contribution < -0.4 is 4.90 Å². The van der Waals surface area contributed by atoms with Crippen LogP contribution in [0.2, 0.25) is 0 Å². The number of aromatic nitrogens is 1. The SMILES string of the molecule is c1ccc(-c2ccc(N(c3ccc(-n4c5ccccc5c5ccccc54)cc3)c3cccc(-c4cccc5c4sc4ccccc45)c3)cc2)cc1. The van der Waals surface area contributed by atoms with Gasteiger partial charge in [0, 0.05) is 53.7 Å². The number of nitrogens with zero attached hydrogens (tertiary/aromatic N) is 2. The molecule has 10 aromatic rings. The Morgan fingerprint density at radius 1 is 0.373 bits per heavy atom. The molecule has 0 saturated heterocycles. The largest absolute Gasteiger partial charge is 0.310 e. The quantitative estimate of drug-likeness (QED) is 0.171. The van der Waals surface area contributed by atoms with Crippen LogP contribution in [0.25, 0.3) is 69.9 Å². The minimum Gasteiger partial charge on any atom is -0.310 e. The molecule has 0 fully saturated rings. The van der Waals surface area contributed by atoms with Crippen molar-refractivity contribution in [3.63, 3.8) is 0 Å². The van der Waals surface area contributed by atoms with Gasteiger partial charge in [-0.15, -0.1) is 11.3 Å². The summed E-state index contributed by atoms with van der Waals surface area (Å²) in [6, 6.07) is 70.3. The van der Waals surface area contributed by atoms with Crippen LogP contribution in [0, 0.1) is 0 Å². The van der Waals surface area contributed by atoms with Crippen molar-refractivity contribution in [2.24, 2.45) is 0 Å². The molecule has 0 saturated carbocycles. The van der Waals surface area contributed by atoms with Crippen molar-refractivity contribution in [1.29, 1.82) is 0 Å². The second-order valence-corrected chi connectivity index (χ2v) is 14.0. The molecule has 0 N–H and O–H groups in total. The van der Waals surface area contributed by atoms with E-state index >= 15 is 0 Å². The van der Waals surface area contributed by atoms with Crippen LogP contribution in [-0.2, 0) is 0 Å². The fourth-order valence-electron chi connectivity index (χ4n) is 7.62. The van der Waals surface area contributed by atoms with Crippen molar-refractivity contribution in [3.8, 4) is 27.9 Å². The standard InChI is InChI=1S/C48H32N2S/c1-2-12-33(13-3-1)34-24-26-36(27-25-34)49(37-28-30-38(31-29-37)50-45-21-7-4-16-41(45)42-17-5-8-22-46(42)50)39-15-10-14-35(32-39)40-19-11-20-44-43-18-6-9-23-47(43)51-48(40)44/h1-32H. The van der Waals surface area contributed by atoms with Crippen LogP contribution in [0.5, 0.6) is 0 Å². The molecule has 8 aromatic carbocycles. The van der Waals surface area contributed by atoms with Gasteiger partial charge in [-0.2, -0.15) is 0 Å². The minimum atomic E-state index is 1.10. The van der Waals surface area contributed by atoms with E-state index in [-0.39, 0.29) is 0 Å². The van der Waals surface area contributed by atoms with Crippen LogP contribution in [0.4, 0.5) is 17.1 Å². The van der Waals surface area contributed by atoms with Gasteiger partial charge in [0.05, 0.1) is 11.0 Å². The summed E-state index contributed by atoms with van der Waals surface area (Å²) in [4.78, 5) is 2.37. The number of para-hydroxylation sites is 2. The summed E-state index contributed by atoms with van der Waals surface area (Å²) in [6.07, 6.45) is 0. The molecule has 0 amide bonds. The normalized spacial score (nSPS) is 11.5. The van der Waals surface area contributed by atoms with Crippen LogP contribution in [0.15, 0.2) is 194 Å². The Kier molecular flexibility index (Phi) is 7.04. The zero-order valence-corrected chi connectivity index (χ0v) is 28.6. The molecule has 2 nitrogen and oxygen atoms in total. The molecule has 2 heterocycles. The molecular weight excluding hydrogens is 637 g/mol. The topological polar surface area (TPSA) is 8.17 Å². The number of thiophene rings is 1. The highest BCUT2D eigenvalue weighted by atomic mass is 32.1. The van der Waals surface area contributed by atoms with Gasteiger partial charge in [-0.05, 0) is 89.0 Å². The minimum absolute atomic E-state index is 1.10. The maximum Gasteiger partial charge on any atom is 0.0541 e. The van der Waals surface area contributed by atoms with Gasteiger partial charge in [0.25, 0.3) is 0 Å². The van der Waals surface area contributed by atoms with Crippen molar-refractivity contribution < 1.29 is 0 Å². The molecule has 3 heteroatoms. The summed E-state index contributed by atoms with van der Waals surface area (Å²) in [6.45, 7) is 0. The highest BCUT2D eigenvalue weighted by molar-refractivity contribution is 7.26. The molecule has 0 atom stereocenters. The Balaban J connectivity index is 1.11. The van der Waals surface area contributed by atoms with Gasteiger partial charge < -0.3 is 9.47 Å². The van der Waals surface area contributed by atoms with E-state index in [4.69, 9.17) is 0 Å². The van der Waals surface area contributed by atoms with Crippen molar-refractivity contribution in [2.45, 2.75) is 0 Å². The van der Waals surface area contributed by atoms with E-state index < -0.39 is 0 Å². The fraction of sp³-hybridized carbons (Fsp3) is 0. The third-order valence-corrected chi connectivity index (χ3v) is 11.2. The lowest BCUT2D eigenvalue weighted by Crippen LogP contribution is -2.10. The second kappa shape index (κ2) is 12.2. The summed E-state index contributed by atoms with van der Waals surface area (Å²) in [7, 11) is 0. The summed E-state index contributed by atoms with van der Waals surface area (Å²) >= 11 is 1.88. The highest BCUT2D eigenvalue weighted by Crippen LogP contribution is 2.43. The molecule has 0 aliphatic carbocycles. The predicted octanol–water partition coefficient (Wildman–Crippen LogP) is 14.0. The van der Waals surface area contributed by atoms with Gasteiger partial charge in [0.2, 0.25) is 0 Å². The van der Waals surface area contributed by atoms with Gasteiger partial charge in [-0.3, -0.25) is 0 Å². The van der Waals surface area contributed by atoms with Crippen LogP contribution in [0.1, 0.15) is 0 Å². The summed E-state index contributed by atoms with van der Waals surface area (Å²) in [5.41, 5.74) is 11.8. The smallest absolute Gasteiger partial charge is 0.0541 e. The summed E-state index contributed by atoms with van der Waals surface area (Å²) in [5.74, 6) is 0. The lowest BCUT2D eigenvalue weighted by molar-refractivity contribution is 1.17. The third kappa shape index (κ3) is 5.01. The summed E-state index contributed by atoms with van der Waals surface area (Å²) < 4.78 is 5.02. The van der Waals surface area contributed by atoms with E-state index in [0.29, 0.717) is 0 Å². The van der Waals surface area contributed by atoms with E-state index in [1.54, 1.807) is 0 Å². The van der Waals surface area contributed by atoms with Crippen LogP contribution in [0.3, 0.4) is 0 Å². The Morgan fingerprint density at radius 3 is 1.65 bits per heavy atom. The number of rotatable bonds is 6. The van der Waals surface area contributed by atoms with Crippen molar-refractivity contribution in [2.75, 3.05) is 4.90 Å². The molecule has 51 heavy (non-hydrogen) atoms. The molecule has 0 spiro atoms. The Bertz CT molecular complexity index is 2790. The van der Waals surface area contributed by atoms with Crippen molar-refractivity contribution in [1.82, 2.24) is 4.57 Å². The molecule has 0 aliphatic rings. The lowest BCUT2D eigenvalue weighted by Gasteiger charge is -2.26. The number of anilines is 3. The highest BCUT2D eigenvalue weighted by Gasteiger charge is 2.17. The van der Waals surface area contributed by atoms with Crippen molar-refractivity contribution >= 4 is 70.4 Å². The van der Waals surface area contributed by atoms with Gasteiger partial charge in [-0.1, -0.05) is 127 Å². The van der Waals surface area contributed by atoms with Gasteiger partial charge in [-0.25, -0.2) is 0 Å². The van der Waals surface area contributed by atoms with E-state index in [9.17, 15) is 0 Å². The number of hydrogen-bond acceptors (Lipinski definition) is 2. The number of benzene rings is 8. The lowest BCUT2D eigenvalue weighted by atomic mass is 10.0. The molecule has 10 rings (SSSR count).